The number of amides is 1. The second kappa shape index (κ2) is 10.3. The van der Waals surface area contributed by atoms with Gasteiger partial charge in [-0.25, -0.2) is 4.79 Å². The van der Waals surface area contributed by atoms with E-state index in [4.69, 9.17) is 14.2 Å². The maximum absolute atomic E-state index is 13.3. The van der Waals surface area contributed by atoms with Crippen LogP contribution in [0.3, 0.4) is 0 Å². The Bertz CT molecular complexity index is 1140. The molecule has 0 bridgehead atoms. The van der Waals surface area contributed by atoms with E-state index in [1.807, 2.05) is 36.4 Å². The van der Waals surface area contributed by atoms with Crippen LogP contribution >= 0.6 is 0 Å². The Labute approximate surface area is 186 Å². The quantitative estimate of drug-likeness (QED) is 0.329. The van der Waals surface area contributed by atoms with E-state index in [9.17, 15) is 9.59 Å². The van der Waals surface area contributed by atoms with Crippen molar-refractivity contribution in [3.8, 4) is 11.5 Å². The minimum absolute atomic E-state index is 0.182. The first-order valence-corrected chi connectivity index (χ1v) is 9.98. The number of anilines is 1. The molecule has 1 heterocycles. The molecule has 2 aromatic carbocycles. The van der Waals surface area contributed by atoms with Gasteiger partial charge in [0.1, 0.15) is 11.4 Å². The summed E-state index contributed by atoms with van der Waals surface area (Å²) in [6, 6.07) is 14.6. The van der Waals surface area contributed by atoms with Crippen LogP contribution < -0.4 is 14.8 Å². The van der Waals surface area contributed by atoms with Crippen LogP contribution in [0.25, 0.3) is 11.6 Å². The highest BCUT2D eigenvalue weighted by Gasteiger charge is 2.21. The van der Waals surface area contributed by atoms with Gasteiger partial charge in [0, 0.05) is 12.6 Å². The highest BCUT2D eigenvalue weighted by Crippen LogP contribution is 2.30. The van der Waals surface area contributed by atoms with Gasteiger partial charge in [-0.15, -0.1) is 0 Å². The van der Waals surface area contributed by atoms with Crippen molar-refractivity contribution in [2.45, 2.75) is 6.92 Å². The number of ether oxygens (including phenoxy) is 3. The molecule has 0 saturated heterocycles. The van der Waals surface area contributed by atoms with Gasteiger partial charge in [-0.05, 0) is 36.3 Å². The molecule has 166 valence electrons. The van der Waals surface area contributed by atoms with Gasteiger partial charge in [-0.2, -0.15) is 5.10 Å². The lowest BCUT2D eigenvalue weighted by Crippen LogP contribution is -2.18. The largest absolute Gasteiger partial charge is 0.493 e. The molecule has 0 spiro atoms. The molecule has 0 saturated carbocycles. The molecule has 1 N–H and O–H groups in total. The summed E-state index contributed by atoms with van der Waals surface area (Å²) in [5, 5.41) is 6.89. The summed E-state index contributed by atoms with van der Waals surface area (Å²) in [6.07, 6.45) is 3.11. The van der Waals surface area contributed by atoms with Gasteiger partial charge >= 0.3 is 5.97 Å². The van der Waals surface area contributed by atoms with Gasteiger partial charge in [0.2, 0.25) is 0 Å². The van der Waals surface area contributed by atoms with E-state index in [-0.39, 0.29) is 18.0 Å². The topological polar surface area (TPSA) is 91.7 Å². The molecule has 3 rings (SSSR count). The lowest BCUT2D eigenvalue weighted by Gasteiger charge is -2.12. The van der Waals surface area contributed by atoms with Crippen molar-refractivity contribution in [1.29, 1.82) is 0 Å². The molecule has 0 radical (unpaired) electrons. The summed E-state index contributed by atoms with van der Waals surface area (Å²) >= 11 is 0. The lowest BCUT2D eigenvalue weighted by molar-refractivity contribution is -0.111. The molecule has 0 aliphatic heterocycles. The number of benzene rings is 2. The summed E-state index contributed by atoms with van der Waals surface area (Å²) in [5.41, 5.74) is 2.03. The number of aryl methyl sites for hydroxylation is 1. The minimum Gasteiger partial charge on any atom is -0.493 e. The van der Waals surface area contributed by atoms with Crippen molar-refractivity contribution in [3.63, 3.8) is 0 Å². The van der Waals surface area contributed by atoms with Crippen LogP contribution in [-0.4, -0.2) is 42.5 Å². The van der Waals surface area contributed by atoms with Crippen LogP contribution in [0.2, 0.25) is 0 Å². The zero-order chi connectivity index (χ0) is 23.1. The van der Waals surface area contributed by atoms with Crippen molar-refractivity contribution < 1.29 is 23.8 Å². The van der Waals surface area contributed by atoms with Crippen LogP contribution in [0, 0.1) is 0 Å². The van der Waals surface area contributed by atoms with Crippen LogP contribution in [0.4, 0.5) is 5.82 Å². The van der Waals surface area contributed by atoms with Gasteiger partial charge in [0.25, 0.3) is 5.91 Å². The zero-order valence-corrected chi connectivity index (χ0v) is 18.4. The number of aromatic nitrogens is 2. The molecular weight excluding hydrogens is 410 g/mol. The Kier molecular flexibility index (Phi) is 7.28. The standard InChI is InChI=1S/C24H25N3O5/c1-5-32-24(29)19-15-25-27(2)22(19)26-23(28)18(17-9-7-6-8-10-17)13-16-11-12-20(30-3)21(14-16)31-4/h6-15H,5H2,1-4H3,(H,26,28)/b18-13+. The molecular formula is C24H25N3O5. The molecule has 8 heteroatoms. The number of hydrogen-bond donors (Lipinski definition) is 1. The first-order valence-electron chi connectivity index (χ1n) is 9.98. The maximum Gasteiger partial charge on any atom is 0.343 e. The Morgan fingerprint density at radius 3 is 2.44 bits per heavy atom. The van der Waals surface area contributed by atoms with Crippen molar-refractivity contribution in [2.75, 3.05) is 26.1 Å². The summed E-state index contributed by atoms with van der Waals surface area (Å²) in [7, 11) is 4.75. The van der Waals surface area contributed by atoms with Gasteiger partial charge < -0.3 is 19.5 Å². The van der Waals surface area contributed by atoms with Crippen molar-refractivity contribution in [2.24, 2.45) is 7.05 Å². The average molecular weight is 435 g/mol. The van der Waals surface area contributed by atoms with E-state index in [0.717, 1.165) is 5.56 Å². The number of carbonyl (C=O) groups is 2. The van der Waals surface area contributed by atoms with Crippen LogP contribution in [0.1, 0.15) is 28.4 Å². The van der Waals surface area contributed by atoms with E-state index in [2.05, 4.69) is 10.4 Å². The molecule has 3 aromatic rings. The molecule has 1 aromatic heterocycles. The van der Waals surface area contributed by atoms with E-state index in [1.165, 1.54) is 10.9 Å². The lowest BCUT2D eigenvalue weighted by atomic mass is 10.0. The van der Waals surface area contributed by atoms with Crippen molar-refractivity contribution in [1.82, 2.24) is 9.78 Å². The number of hydrogen-bond acceptors (Lipinski definition) is 6. The summed E-state index contributed by atoms with van der Waals surface area (Å²) in [4.78, 5) is 25.6. The van der Waals surface area contributed by atoms with E-state index in [0.29, 0.717) is 22.6 Å². The second-order valence-corrected chi connectivity index (χ2v) is 6.74. The van der Waals surface area contributed by atoms with E-state index >= 15 is 0 Å². The van der Waals surface area contributed by atoms with E-state index < -0.39 is 11.9 Å². The molecule has 0 unspecified atom stereocenters. The maximum atomic E-state index is 13.3. The predicted octanol–water partition coefficient (Wildman–Crippen LogP) is 3.79. The molecule has 0 aliphatic carbocycles. The SMILES string of the molecule is CCOC(=O)c1cnn(C)c1NC(=O)/C(=C/c1ccc(OC)c(OC)c1)c1ccccc1. The fourth-order valence-electron chi connectivity index (χ4n) is 3.13. The normalized spacial score (nSPS) is 11.1. The van der Waals surface area contributed by atoms with Gasteiger partial charge in [-0.1, -0.05) is 36.4 Å². The highest BCUT2D eigenvalue weighted by atomic mass is 16.5. The third kappa shape index (κ3) is 4.97. The first kappa shape index (κ1) is 22.6. The number of esters is 1. The first-order chi connectivity index (χ1) is 15.5. The molecule has 0 atom stereocenters. The number of nitrogens with zero attached hydrogens (tertiary/aromatic N) is 2. The van der Waals surface area contributed by atoms with Crippen LogP contribution in [-0.2, 0) is 16.6 Å². The number of methoxy groups -OCH3 is 2. The highest BCUT2D eigenvalue weighted by molar-refractivity contribution is 6.29. The predicted molar refractivity (Wildman–Crippen MR) is 122 cm³/mol. The van der Waals surface area contributed by atoms with Crippen molar-refractivity contribution >= 4 is 29.3 Å². The van der Waals surface area contributed by atoms with Gasteiger partial charge in [-0.3, -0.25) is 9.48 Å². The molecule has 1 amide bonds. The van der Waals surface area contributed by atoms with Gasteiger partial charge in [0.15, 0.2) is 11.5 Å². The number of rotatable bonds is 8. The monoisotopic (exact) mass is 435 g/mol. The molecule has 0 aliphatic rings. The van der Waals surface area contributed by atoms with Crippen LogP contribution in [0.5, 0.6) is 11.5 Å². The van der Waals surface area contributed by atoms with E-state index in [1.54, 1.807) is 46.4 Å². The third-order valence-electron chi connectivity index (χ3n) is 4.71. The fourth-order valence-corrected chi connectivity index (χ4v) is 3.13. The van der Waals surface area contributed by atoms with Crippen LogP contribution in [0.15, 0.2) is 54.7 Å². The third-order valence-corrected chi connectivity index (χ3v) is 4.71. The Hall–Kier alpha value is -4.07. The summed E-state index contributed by atoms with van der Waals surface area (Å²) in [6.45, 7) is 1.93. The molecule has 0 fully saturated rings. The summed E-state index contributed by atoms with van der Waals surface area (Å²) < 4.78 is 17.1. The number of nitrogens with one attached hydrogen (secondary N) is 1. The Morgan fingerprint density at radius 2 is 1.78 bits per heavy atom. The Balaban J connectivity index is 2.02. The van der Waals surface area contributed by atoms with Gasteiger partial charge in [0.05, 0.1) is 27.0 Å². The zero-order valence-electron chi connectivity index (χ0n) is 18.4. The average Bonchev–Trinajstić information content (AvgIpc) is 3.17. The second-order valence-electron chi connectivity index (χ2n) is 6.74. The number of carbonyl (C=O) groups excluding carboxylic acids is 2. The minimum atomic E-state index is -0.555. The molecule has 32 heavy (non-hydrogen) atoms. The smallest absolute Gasteiger partial charge is 0.343 e. The fraction of sp³-hybridized carbons (Fsp3) is 0.208. The molecule has 8 nitrogen and oxygen atoms in total. The Morgan fingerprint density at radius 1 is 1.06 bits per heavy atom. The summed E-state index contributed by atoms with van der Waals surface area (Å²) in [5.74, 6) is 0.429. The van der Waals surface area contributed by atoms with Crippen molar-refractivity contribution in [3.05, 3.63) is 71.4 Å².